The van der Waals surface area contributed by atoms with Crippen molar-refractivity contribution in [1.29, 1.82) is 0 Å². The number of amides is 1. The molecule has 0 fully saturated rings. The lowest BCUT2D eigenvalue weighted by molar-refractivity contribution is -0.116. The fourth-order valence-corrected chi connectivity index (χ4v) is 2.81. The Balaban J connectivity index is 1.71. The molecule has 0 unspecified atom stereocenters. The molecule has 3 rings (SSSR count). The van der Waals surface area contributed by atoms with Crippen LogP contribution in [0.5, 0.6) is 11.5 Å². The maximum Gasteiger partial charge on any atom is 0.254 e. The molecule has 0 aliphatic heterocycles. The lowest BCUT2D eigenvalue weighted by Crippen LogP contribution is -2.28. The predicted octanol–water partition coefficient (Wildman–Crippen LogP) is 3.18. The standard InChI is InChI=1S/C21H20N2O4/c1-14-10-18(24)12-21(26)23(14)13-20(25)22-17-8-6-15(7-9-17)16-4-3-5-19(11-16)27-2/h3-12,24H,13H2,1-2H3,(H,22,25). The molecule has 1 amide bonds. The summed E-state index contributed by atoms with van der Waals surface area (Å²) in [4.78, 5) is 24.2. The van der Waals surface area contributed by atoms with Crippen LogP contribution in [0.25, 0.3) is 11.1 Å². The Kier molecular flexibility index (Phi) is 5.26. The molecule has 0 aliphatic rings. The number of anilines is 1. The molecule has 138 valence electrons. The second-order valence-corrected chi connectivity index (χ2v) is 6.14. The van der Waals surface area contributed by atoms with Gasteiger partial charge in [-0.25, -0.2) is 0 Å². The van der Waals surface area contributed by atoms with E-state index in [-0.39, 0.29) is 18.2 Å². The monoisotopic (exact) mass is 364 g/mol. The van der Waals surface area contributed by atoms with Crippen molar-refractivity contribution in [2.45, 2.75) is 13.5 Å². The largest absolute Gasteiger partial charge is 0.508 e. The Morgan fingerprint density at radius 3 is 2.48 bits per heavy atom. The minimum Gasteiger partial charge on any atom is -0.508 e. The summed E-state index contributed by atoms with van der Waals surface area (Å²) < 4.78 is 6.54. The van der Waals surface area contributed by atoms with Crippen LogP contribution in [0.1, 0.15) is 5.69 Å². The van der Waals surface area contributed by atoms with Crippen LogP contribution >= 0.6 is 0 Å². The van der Waals surface area contributed by atoms with Crippen molar-refractivity contribution in [3.8, 4) is 22.6 Å². The van der Waals surface area contributed by atoms with Gasteiger partial charge >= 0.3 is 0 Å². The third-order valence-electron chi connectivity index (χ3n) is 4.19. The van der Waals surface area contributed by atoms with Crippen LogP contribution in [-0.4, -0.2) is 22.7 Å². The van der Waals surface area contributed by atoms with E-state index >= 15 is 0 Å². The molecule has 0 spiro atoms. The van der Waals surface area contributed by atoms with E-state index in [1.165, 1.54) is 10.6 Å². The number of nitrogens with one attached hydrogen (secondary N) is 1. The topological polar surface area (TPSA) is 80.6 Å². The first kappa shape index (κ1) is 18.3. The number of methoxy groups -OCH3 is 1. The summed E-state index contributed by atoms with van der Waals surface area (Å²) in [5.41, 5.74) is 2.74. The van der Waals surface area contributed by atoms with Crippen LogP contribution in [0.2, 0.25) is 0 Å². The van der Waals surface area contributed by atoms with Crippen LogP contribution < -0.4 is 15.6 Å². The number of benzene rings is 2. The number of pyridine rings is 1. The number of aromatic hydroxyl groups is 1. The zero-order valence-electron chi connectivity index (χ0n) is 15.1. The highest BCUT2D eigenvalue weighted by atomic mass is 16.5. The third kappa shape index (κ3) is 4.36. The van der Waals surface area contributed by atoms with Gasteiger partial charge in [-0.3, -0.25) is 9.59 Å². The fourth-order valence-electron chi connectivity index (χ4n) is 2.81. The number of nitrogens with zero attached hydrogens (tertiary/aromatic N) is 1. The second-order valence-electron chi connectivity index (χ2n) is 6.14. The molecule has 0 saturated carbocycles. The van der Waals surface area contributed by atoms with Crippen molar-refractivity contribution < 1.29 is 14.6 Å². The number of hydrogen-bond donors (Lipinski definition) is 2. The van der Waals surface area contributed by atoms with Crippen LogP contribution in [0.3, 0.4) is 0 Å². The minimum atomic E-state index is -0.420. The molecule has 6 heteroatoms. The van der Waals surface area contributed by atoms with E-state index in [0.717, 1.165) is 22.9 Å². The average molecular weight is 364 g/mol. The number of aryl methyl sites for hydroxylation is 1. The lowest BCUT2D eigenvalue weighted by Gasteiger charge is -2.11. The minimum absolute atomic E-state index is 0.109. The number of carbonyl (C=O) groups is 1. The van der Waals surface area contributed by atoms with E-state index in [1.807, 2.05) is 36.4 Å². The first-order valence-electron chi connectivity index (χ1n) is 8.41. The van der Waals surface area contributed by atoms with Gasteiger partial charge in [0.25, 0.3) is 5.56 Å². The maximum absolute atomic E-state index is 12.3. The first-order valence-corrected chi connectivity index (χ1v) is 8.41. The van der Waals surface area contributed by atoms with Gasteiger partial charge in [0, 0.05) is 17.4 Å². The average Bonchev–Trinajstić information content (AvgIpc) is 2.65. The molecule has 0 saturated heterocycles. The zero-order valence-corrected chi connectivity index (χ0v) is 15.1. The molecule has 0 bridgehead atoms. The summed E-state index contributed by atoms with van der Waals surface area (Å²) in [6, 6.07) is 17.7. The van der Waals surface area contributed by atoms with E-state index < -0.39 is 5.56 Å². The van der Waals surface area contributed by atoms with E-state index in [1.54, 1.807) is 26.2 Å². The van der Waals surface area contributed by atoms with Crippen molar-refractivity contribution in [2.24, 2.45) is 0 Å². The van der Waals surface area contributed by atoms with Gasteiger partial charge < -0.3 is 19.7 Å². The molecular formula is C21H20N2O4. The SMILES string of the molecule is COc1cccc(-c2ccc(NC(=O)Cn3c(C)cc(O)cc3=O)cc2)c1. The van der Waals surface area contributed by atoms with Crippen molar-refractivity contribution in [1.82, 2.24) is 4.57 Å². The summed E-state index contributed by atoms with van der Waals surface area (Å²) in [6.07, 6.45) is 0. The fraction of sp³-hybridized carbons (Fsp3) is 0.143. The molecule has 0 atom stereocenters. The van der Waals surface area contributed by atoms with Gasteiger partial charge in [0.15, 0.2) is 0 Å². The van der Waals surface area contributed by atoms with Crippen LogP contribution in [0, 0.1) is 6.92 Å². The Morgan fingerprint density at radius 1 is 1.07 bits per heavy atom. The first-order chi connectivity index (χ1) is 13.0. The van der Waals surface area contributed by atoms with Gasteiger partial charge in [0.1, 0.15) is 18.0 Å². The number of ether oxygens (including phenoxy) is 1. The molecule has 1 heterocycles. The molecule has 27 heavy (non-hydrogen) atoms. The zero-order chi connectivity index (χ0) is 19.4. The van der Waals surface area contributed by atoms with Gasteiger partial charge in [-0.2, -0.15) is 0 Å². The summed E-state index contributed by atoms with van der Waals surface area (Å²) >= 11 is 0. The normalized spacial score (nSPS) is 10.4. The van der Waals surface area contributed by atoms with Crippen molar-refractivity contribution >= 4 is 11.6 Å². The smallest absolute Gasteiger partial charge is 0.254 e. The molecule has 0 aliphatic carbocycles. The molecule has 6 nitrogen and oxygen atoms in total. The molecular weight excluding hydrogens is 344 g/mol. The Labute approximate surface area is 156 Å². The van der Waals surface area contributed by atoms with Crippen LogP contribution in [0.4, 0.5) is 5.69 Å². The van der Waals surface area contributed by atoms with Gasteiger partial charge in [-0.15, -0.1) is 0 Å². The third-order valence-corrected chi connectivity index (χ3v) is 4.19. The number of hydrogen-bond acceptors (Lipinski definition) is 4. The number of aromatic nitrogens is 1. The Morgan fingerprint density at radius 2 is 1.81 bits per heavy atom. The quantitative estimate of drug-likeness (QED) is 0.729. The highest BCUT2D eigenvalue weighted by Crippen LogP contribution is 2.25. The number of rotatable bonds is 5. The lowest BCUT2D eigenvalue weighted by atomic mass is 10.1. The van der Waals surface area contributed by atoms with Crippen molar-refractivity contribution in [2.75, 3.05) is 12.4 Å². The highest BCUT2D eigenvalue weighted by Gasteiger charge is 2.09. The van der Waals surface area contributed by atoms with E-state index in [4.69, 9.17) is 4.74 Å². The summed E-state index contributed by atoms with van der Waals surface area (Å²) in [5.74, 6) is 0.349. The summed E-state index contributed by atoms with van der Waals surface area (Å²) in [6.45, 7) is 1.54. The van der Waals surface area contributed by atoms with Crippen LogP contribution in [-0.2, 0) is 11.3 Å². The highest BCUT2D eigenvalue weighted by molar-refractivity contribution is 5.90. The van der Waals surface area contributed by atoms with E-state index in [2.05, 4.69) is 5.32 Å². The second kappa shape index (κ2) is 7.78. The molecule has 2 aromatic carbocycles. The van der Waals surface area contributed by atoms with E-state index in [0.29, 0.717) is 11.4 Å². The molecule has 0 radical (unpaired) electrons. The van der Waals surface area contributed by atoms with Gasteiger partial charge in [-0.1, -0.05) is 24.3 Å². The van der Waals surface area contributed by atoms with Gasteiger partial charge in [0.2, 0.25) is 5.91 Å². The molecule has 3 aromatic rings. The van der Waals surface area contributed by atoms with Crippen LogP contribution in [0.15, 0.2) is 65.5 Å². The summed E-state index contributed by atoms with van der Waals surface area (Å²) in [5, 5.41) is 12.2. The number of carbonyl (C=O) groups excluding carboxylic acids is 1. The van der Waals surface area contributed by atoms with Crippen molar-refractivity contribution in [3.05, 3.63) is 76.7 Å². The molecule has 1 aromatic heterocycles. The Hall–Kier alpha value is -3.54. The Bertz CT molecular complexity index is 1020. The molecule has 2 N–H and O–H groups in total. The van der Waals surface area contributed by atoms with Crippen molar-refractivity contribution in [3.63, 3.8) is 0 Å². The maximum atomic E-state index is 12.3. The van der Waals surface area contributed by atoms with Gasteiger partial charge in [-0.05, 0) is 48.4 Å². The predicted molar refractivity (Wildman–Crippen MR) is 104 cm³/mol. The van der Waals surface area contributed by atoms with Gasteiger partial charge in [0.05, 0.1) is 7.11 Å². The summed E-state index contributed by atoms with van der Waals surface area (Å²) in [7, 11) is 1.62. The van der Waals surface area contributed by atoms with E-state index in [9.17, 15) is 14.7 Å².